The van der Waals surface area contributed by atoms with Gasteiger partial charge in [-0.15, -0.1) is 0 Å². The molecule has 6 nitrogen and oxygen atoms in total. The molecule has 0 unspecified atom stereocenters. The Kier molecular flexibility index (Phi) is 8.12. The van der Waals surface area contributed by atoms with Crippen LogP contribution in [0.3, 0.4) is 0 Å². The summed E-state index contributed by atoms with van der Waals surface area (Å²) in [6.07, 6.45) is -4.14. The van der Waals surface area contributed by atoms with E-state index in [2.05, 4.69) is 4.98 Å². The highest BCUT2D eigenvalue weighted by molar-refractivity contribution is 6.31. The van der Waals surface area contributed by atoms with Gasteiger partial charge in [-0.05, 0) is 42.3 Å². The van der Waals surface area contributed by atoms with Gasteiger partial charge in [-0.3, -0.25) is 9.59 Å². The molecule has 0 aliphatic carbocycles. The van der Waals surface area contributed by atoms with Gasteiger partial charge in [-0.1, -0.05) is 41.4 Å². The molecule has 0 aliphatic rings. The topological polar surface area (TPSA) is 58.4 Å². The second-order valence-corrected chi connectivity index (χ2v) is 8.78. The van der Waals surface area contributed by atoms with Crippen molar-refractivity contribution in [1.29, 1.82) is 0 Å². The number of carbonyl (C=O) groups is 2. The average Bonchev–Trinajstić information content (AvgIpc) is 3.16. The number of alkyl halides is 3. The van der Waals surface area contributed by atoms with E-state index in [0.29, 0.717) is 29.4 Å². The van der Waals surface area contributed by atoms with Crippen LogP contribution in [0.1, 0.15) is 39.9 Å². The summed E-state index contributed by atoms with van der Waals surface area (Å²) in [5, 5.41) is 0.122. The molecule has 2 amide bonds. The van der Waals surface area contributed by atoms with Crippen LogP contribution in [-0.4, -0.2) is 47.4 Å². The Bertz CT molecular complexity index is 1230. The van der Waals surface area contributed by atoms with Crippen LogP contribution in [-0.2, 0) is 23.9 Å². The summed E-state index contributed by atoms with van der Waals surface area (Å²) in [4.78, 5) is 32.0. The minimum atomic E-state index is -4.63. The molecule has 1 aromatic heterocycles. The first-order valence-corrected chi connectivity index (χ1v) is 11.3. The van der Waals surface area contributed by atoms with Gasteiger partial charge in [-0.25, -0.2) is 4.98 Å². The maximum atomic E-state index is 13.4. The minimum Gasteiger partial charge on any atom is -0.341 e. The fourth-order valence-corrected chi connectivity index (χ4v) is 3.83. The van der Waals surface area contributed by atoms with Crippen LogP contribution >= 0.6 is 23.2 Å². The van der Waals surface area contributed by atoms with Gasteiger partial charge in [0, 0.05) is 38.6 Å². The van der Waals surface area contributed by atoms with Gasteiger partial charge in [0.15, 0.2) is 11.5 Å². The molecule has 3 aromatic rings. The van der Waals surface area contributed by atoms with Crippen LogP contribution in [0.4, 0.5) is 19.0 Å². The van der Waals surface area contributed by atoms with Crippen molar-refractivity contribution in [3.8, 4) is 0 Å². The van der Waals surface area contributed by atoms with Crippen LogP contribution in [0.2, 0.25) is 10.0 Å². The number of anilines is 1. The first-order chi connectivity index (χ1) is 16.5. The molecule has 1 heterocycles. The van der Waals surface area contributed by atoms with Gasteiger partial charge in [0.2, 0.25) is 6.41 Å². The van der Waals surface area contributed by atoms with Crippen LogP contribution in [0.5, 0.6) is 0 Å². The number of rotatable bonds is 8. The van der Waals surface area contributed by atoms with Crippen molar-refractivity contribution in [2.75, 3.05) is 25.5 Å². The van der Waals surface area contributed by atoms with Gasteiger partial charge in [0.25, 0.3) is 5.91 Å². The lowest BCUT2D eigenvalue weighted by Gasteiger charge is -2.19. The summed E-state index contributed by atoms with van der Waals surface area (Å²) >= 11 is 11.8. The van der Waals surface area contributed by atoms with Crippen LogP contribution in [0.15, 0.2) is 42.5 Å². The van der Waals surface area contributed by atoms with Crippen molar-refractivity contribution in [3.63, 3.8) is 0 Å². The molecule has 11 heteroatoms. The summed E-state index contributed by atoms with van der Waals surface area (Å²) < 4.78 is 41.8. The molecule has 0 spiro atoms. The number of carbonyl (C=O) groups excluding carboxylic acids is 2. The van der Waals surface area contributed by atoms with Crippen molar-refractivity contribution < 1.29 is 22.8 Å². The normalized spacial score (nSPS) is 11.4. The Labute approximate surface area is 210 Å². The highest BCUT2D eigenvalue weighted by Gasteiger charge is 2.34. The van der Waals surface area contributed by atoms with E-state index in [1.165, 1.54) is 29.0 Å². The molecule has 0 bridgehead atoms. The molecule has 0 aliphatic heterocycles. The lowest BCUT2D eigenvalue weighted by molar-refractivity contribution is -0.137. The number of nitrogens with zero attached hydrogens (tertiary/aromatic N) is 4. The largest absolute Gasteiger partial charge is 0.417 e. The van der Waals surface area contributed by atoms with E-state index in [0.717, 1.165) is 11.6 Å². The van der Waals surface area contributed by atoms with E-state index >= 15 is 0 Å². The van der Waals surface area contributed by atoms with Gasteiger partial charge in [-0.2, -0.15) is 13.2 Å². The first kappa shape index (κ1) is 26.6. The molecular weight excluding hydrogens is 504 g/mol. The number of amides is 2. The quantitative estimate of drug-likeness (QED) is 0.362. The van der Waals surface area contributed by atoms with Crippen LogP contribution < -0.4 is 4.90 Å². The SMILES string of the molecule is CCN(C)C(=O)c1c(N(C)C=O)nc(Cc2ccc(Cl)c(C(F)(F)F)c2)n1Cc1ccc(Cl)cc1. The molecule has 0 saturated carbocycles. The standard InChI is InChI=1S/C24H23Cl2F3N4O2/c1-4-31(2)23(35)21-22(32(3)14-34)30-20(33(21)13-15-5-8-17(25)9-6-15)12-16-7-10-19(26)18(11-16)24(27,28)29/h5-11,14H,4,12-13H2,1-3H3. The summed E-state index contributed by atoms with van der Waals surface area (Å²) in [6.45, 7) is 2.38. The molecule has 0 saturated heterocycles. The third-order valence-electron chi connectivity index (χ3n) is 5.50. The molecule has 2 aromatic carbocycles. The number of hydrogen-bond donors (Lipinski definition) is 0. The van der Waals surface area contributed by atoms with E-state index in [9.17, 15) is 22.8 Å². The Hall–Kier alpha value is -3.04. The van der Waals surface area contributed by atoms with Crippen molar-refractivity contribution in [2.45, 2.75) is 26.1 Å². The second kappa shape index (κ2) is 10.7. The number of aromatic nitrogens is 2. The molecular formula is C24H23Cl2F3N4O2. The molecule has 186 valence electrons. The number of hydrogen-bond acceptors (Lipinski definition) is 3. The first-order valence-electron chi connectivity index (χ1n) is 10.6. The zero-order valence-corrected chi connectivity index (χ0v) is 20.7. The van der Waals surface area contributed by atoms with E-state index in [-0.39, 0.29) is 30.4 Å². The van der Waals surface area contributed by atoms with Crippen molar-refractivity contribution in [2.24, 2.45) is 0 Å². The average molecular weight is 527 g/mol. The predicted octanol–water partition coefficient (Wildman–Crippen LogP) is 5.53. The Morgan fingerprint density at radius 3 is 2.29 bits per heavy atom. The molecule has 0 atom stereocenters. The molecule has 35 heavy (non-hydrogen) atoms. The maximum absolute atomic E-state index is 13.4. The Morgan fingerprint density at radius 2 is 1.71 bits per heavy atom. The van der Waals surface area contributed by atoms with Gasteiger partial charge >= 0.3 is 6.18 Å². The highest BCUT2D eigenvalue weighted by Crippen LogP contribution is 2.36. The van der Waals surface area contributed by atoms with Gasteiger partial charge in [0.1, 0.15) is 5.82 Å². The molecule has 0 fully saturated rings. The predicted molar refractivity (Wildman–Crippen MR) is 129 cm³/mol. The van der Waals surface area contributed by atoms with E-state index in [1.807, 2.05) is 0 Å². The third kappa shape index (κ3) is 5.97. The smallest absolute Gasteiger partial charge is 0.341 e. The summed E-state index contributed by atoms with van der Waals surface area (Å²) in [6, 6.07) is 10.6. The Balaban J connectivity index is 2.19. The van der Waals surface area contributed by atoms with Crippen LogP contribution in [0, 0.1) is 0 Å². The third-order valence-corrected chi connectivity index (χ3v) is 6.08. The molecule has 0 radical (unpaired) electrons. The second-order valence-electron chi connectivity index (χ2n) is 7.94. The number of imidazole rings is 1. The van der Waals surface area contributed by atoms with Gasteiger partial charge < -0.3 is 14.4 Å². The zero-order chi connectivity index (χ0) is 25.9. The summed E-state index contributed by atoms with van der Waals surface area (Å²) in [5.74, 6) is 0.0437. The number of benzene rings is 2. The van der Waals surface area contributed by atoms with Crippen molar-refractivity contribution in [3.05, 3.63) is 80.7 Å². The van der Waals surface area contributed by atoms with E-state index in [4.69, 9.17) is 23.2 Å². The fourth-order valence-electron chi connectivity index (χ4n) is 3.48. The van der Waals surface area contributed by atoms with E-state index in [1.54, 1.807) is 42.8 Å². The zero-order valence-electron chi connectivity index (χ0n) is 19.2. The maximum Gasteiger partial charge on any atom is 0.417 e. The lowest BCUT2D eigenvalue weighted by atomic mass is 10.1. The highest BCUT2D eigenvalue weighted by atomic mass is 35.5. The number of halogens is 5. The summed E-state index contributed by atoms with van der Waals surface area (Å²) in [5.41, 5.74) is 0.277. The Morgan fingerprint density at radius 1 is 1.09 bits per heavy atom. The lowest BCUT2D eigenvalue weighted by Crippen LogP contribution is -2.31. The van der Waals surface area contributed by atoms with Crippen molar-refractivity contribution in [1.82, 2.24) is 14.5 Å². The van der Waals surface area contributed by atoms with Crippen LogP contribution in [0.25, 0.3) is 0 Å². The minimum absolute atomic E-state index is 0.0311. The fraction of sp³-hybridized carbons (Fsp3) is 0.292. The van der Waals surface area contributed by atoms with Crippen molar-refractivity contribution >= 4 is 41.3 Å². The molecule has 3 rings (SSSR count). The summed E-state index contributed by atoms with van der Waals surface area (Å²) in [7, 11) is 3.07. The van der Waals surface area contributed by atoms with Gasteiger partial charge in [0.05, 0.1) is 10.6 Å². The van der Waals surface area contributed by atoms with E-state index < -0.39 is 16.8 Å². The molecule has 0 N–H and O–H groups in total. The monoisotopic (exact) mass is 526 g/mol.